The minimum absolute atomic E-state index is 0.139. The van der Waals surface area contributed by atoms with Crippen molar-refractivity contribution in [3.63, 3.8) is 0 Å². The third-order valence-electron chi connectivity index (χ3n) is 2.97. The number of carbonyl (C=O) groups excluding carboxylic acids is 1. The molecule has 0 unspecified atom stereocenters. The number of unbranched alkanes of at least 4 members (excludes halogenated alkanes) is 1. The van der Waals surface area contributed by atoms with Crippen molar-refractivity contribution in [2.45, 2.75) is 32.6 Å². The molecule has 2 rings (SSSR count). The Labute approximate surface area is 94.8 Å². The molecule has 0 heterocycles. The summed E-state index contributed by atoms with van der Waals surface area (Å²) in [6, 6.07) is 5.90. The first kappa shape index (κ1) is 10.9. The van der Waals surface area contributed by atoms with Gasteiger partial charge in [-0.3, -0.25) is 4.79 Å². The average Bonchev–Trinajstić information content (AvgIpc) is 2.63. The van der Waals surface area contributed by atoms with Crippen molar-refractivity contribution >= 4 is 11.5 Å². The van der Waals surface area contributed by atoms with Gasteiger partial charge in [0.1, 0.15) is 5.71 Å². The highest BCUT2D eigenvalue weighted by Gasteiger charge is 2.26. The zero-order valence-electron chi connectivity index (χ0n) is 9.36. The van der Waals surface area contributed by atoms with E-state index in [1.54, 1.807) is 0 Å². The molecule has 0 radical (unpaired) electrons. The number of nitrogens with zero attached hydrogens (tertiary/aromatic N) is 1. The molecule has 0 saturated carbocycles. The SMILES string of the molecule is CCCCc1ccc2c(c1)C/C(=N/O)C2=O. The van der Waals surface area contributed by atoms with Crippen LogP contribution < -0.4 is 0 Å². The summed E-state index contributed by atoms with van der Waals surface area (Å²) < 4.78 is 0. The molecule has 0 spiro atoms. The number of rotatable bonds is 3. The highest BCUT2D eigenvalue weighted by atomic mass is 16.4. The second kappa shape index (κ2) is 4.47. The van der Waals surface area contributed by atoms with Gasteiger partial charge in [-0.2, -0.15) is 0 Å². The van der Waals surface area contributed by atoms with Crippen LogP contribution in [0.15, 0.2) is 23.4 Å². The molecule has 0 amide bonds. The fourth-order valence-electron chi connectivity index (χ4n) is 2.05. The number of Topliss-reactive ketones (excluding diaryl/α,β-unsaturated/α-hetero) is 1. The summed E-state index contributed by atoms with van der Waals surface area (Å²) >= 11 is 0. The number of oxime groups is 1. The van der Waals surface area contributed by atoms with Gasteiger partial charge in [-0.05, 0) is 24.0 Å². The fraction of sp³-hybridized carbons (Fsp3) is 0.385. The zero-order chi connectivity index (χ0) is 11.5. The molecule has 1 aliphatic rings. The third kappa shape index (κ3) is 1.85. The van der Waals surface area contributed by atoms with E-state index in [-0.39, 0.29) is 11.5 Å². The van der Waals surface area contributed by atoms with Crippen molar-refractivity contribution < 1.29 is 10.0 Å². The maximum absolute atomic E-state index is 11.7. The van der Waals surface area contributed by atoms with Crippen molar-refractivity contribution in [3.8, 4) is 0 Å². The number of fused-ring (bicyclic) bond motifs is 1. The normalized spacial score (nSPS) is 16.8. The van der Waals surface area contributed by atoms with Crippen LogP contribution in [0.25, 0.3) is 0 Å². The highest BCUT2D eigenvalue weighted by molar-refractivity contribution is 6.49. The number of hydrogen-bond acceptors (Lipinski definition) is 3. The van der Waals surface area contributed by atoms with E-state index >= 15 is 0 Å². The second-order valence-electron chi connectivity index (χ2n) is 4.15. The van der Waals surface area contributed by atoms with Gasteiger partial charge >= 0.3 is 0 Å². The van der Waals surface area contributed by atoms with Crippen LogP contribution in [0, 0.1) is 0 Å². The molecule has 0 aliphatic heterocycles. The number of carbonyl (C=O) groups is 1. The number of aryl methyl sites for hydroxylation is 1. The predicted octanol–water partition coefficient (Wildman–Crippen LogP) is 2.60. The van der Waals surface area contributed by atoms with Crippen molar-refractivity contribution in [2.24, 2.45) is 5.16 Å². The van der Waals surface area contributed by atoms with E-state index in [4.69, 9.17) is 5.21 Å². The van der Waals surface area contributed by atoms with Crippen LogP contribution in [-0.4, -0.2) is 16.7 Å². The maximum Gasteiger partial charge on any atom is 0.211 e. The molecule has 0 saturated heterocycles. The Morgan fingerprint density at radius 1 is 1.44 bits per heavy atom. The lowest BCUT2D eigenvalue weighted by Crippen LogP contribution is -2.06. The predicted molar refractivity (Wildman–Crippen MR) is 62.3 cm³/mol. The summed E-state index contributed by atoms with van der Waals surface area (Å²) in [5, 5.41) is 11.7. The Hall–Kier alpha value is -1.64. The molecule has 0 fully saturated rings. The van der Waals surface area contributed by atoms with Gasteiger partial charge in [-0.15, -0.1) is 0 Å². The third-order valence-corrected chi connectivity index (χ3v) is 2.97. The number of ketones is 1. The van der Waals surface area contributed by atoms with Gasteiger partial charge in [0.05, 0.1) is 0 Å². The van der Waals surface area contributed by atoms with Crippen molar-refractivity contribution in [3.05, 3.63) is 34.9 Å². The van der Waals surface area contributed by atoms with E-state index < -0.39 is 0 Å². The molecule has 3 heteroatoms. The van der Waals surface area contributed by atoms with E-state index in [0.717, 1.165) is 18.4 Å². The van der Waals surface area contributed by atoms with Crippen LogP contribution in [-0.2, 0) is 12.8 Å². The first-order chi connectivity index (χ1) is 7.76. The van der Waals surface area contributed by atoms with E-state index in [1.807, 2.05) is 12.1 Å². The smallest absolute Gasteiger partial charge is 0.211 e. The molecule has 3 nitrogen and oxygen atoms in total. The summed E-state index contributed by atoms with van der Waals surface area (Å²) in [5.41, 5.74) is 3.19. The molecule has 0 bridgehead atoms. The Balaban J connectivity index is 2.26. The Morgan fingerprint density at radius 3 is 2.94 bits per heavy atom. The van der Waals surface area contributed by atoms with Gasteiger partial charge in [0.25, 0.3) is 0 Å². The van der Waals surface area contributed by atoms with Crippen LogP contribution >= 0.6 is 0 Å². The Morgan fingerprint density at radius 2 is 2.25 bits per heavy atom. The molecular formula is C13H15NO2. The lowest BCUT2D eigenvalue weighted by molar-refractivity contribution is 0.106. The van der Waals surface area contributed by atoms with Crippen molar-refractivity contribution in [1.82, 2.24) is 0 Å². The molecule has 1 aromatic carbocycles. The van der Waals surface area contributed by atoms with Gasteiger partial charge in [-0.25, -0.2) is 0 Å². The summed E-state index contributed by atoms with van der Waals surface area (Å²) in [6.45, 7) is 2.16. The van der Waals surface area contributed by atoms with Crippen molar-refractivity contribution in [1.29, 1.82) is 0 Å². The van der Waals surface area contributed by atoms with Crippen LogP contribution in [0.4, 0.5) is 0 Å². The lowest BCUT2D eigenvalue weighted by atomic mass is 10.0. The quantitative estimate of drug-likeness (QED) is 0.625. The maximum atomic E-state index is 11.7. The van der Waals surface area contributed by atoms with E-state index in [9.17, 15) is 4.79 Å². The van der Waals surface area contributed by atoms with Crippen LogP contribution in [0.3, 0.4) is 0 Å². The molecule has 1 aromatic rings. The molecule has 0 aromatic heterocycles. The monoisotopic (exact) mass is 217 g/mol. The standard InChI is InChI=1S/C13H15NO2/c1-2-3-4-9-5-6-11-10(7-9)8-12(14-16)13(11)15/h5-7,16H,2-4,8H2,1H3/b14-12-. The average molecular weight is 217 g/mol. The lowest BCUT2D eigenvalue weighted by Gasteiger charge is -2.02. The zero-order valence-corrected chi connectivity index (χ0v) is 9.36. The second-order valence-corrected chi connectivity index (χ2v) is 4.15. The largest absolute Gasteiger partial charge is 0.411 e. The summed E-state index contributed by atoms with van der Waals surface area (Å²) in [7, 11) is 0. The summed E-state index contributed by atoms with van der Waals surface area (Å²) in [5.74, 6) is -0.139. The van der Waals surface area contributed by atoms with Gasteiger partial charge in [0.15, 0.2) is 0 Å². The first-order valence-corrected chi connectivity index (χ1v) is 5.63. The molecule has 1 aliphatic carbocycles. The topological polar surface area (TPSA) is 49.7 Å². The van der Waals surface area contributed by atoms with Gasteiger partial charge < -0.3 is 5.21 Å². The molecule has 84 valence electrons. The van der Waals surface area contributed by atoms with Crippen LogP contribution in [0.5, 0.6) is 0 Å². The minimum Gasteiger partial charge on any atom is -0.411 e. The summed E-state index contributed by atoms with van der Waals surface area (Å²) in [6.07, 6.45) is 3.83. The van der Waals surface area contributed by atoms with Gasteiger partial charge in [-0.1, -0.05) is 36.7 Å². The van der Waals surface area contributed by atoms with E-state index in [2.05, 4.69) is 18.1 Å². The molecule has 16 heavy (non-hydrogen) atoms. The Bertz CT molecular complexity index is 449. The van der Waals surface area contributed by atoms with E-state index in [0.29, 0.717) is 12.0 Å². The van der Waals surface area contributed by atoms with Crippen LogP contribution in [0.1, 0.15) is 41.3 Å². The number of hydrogen-bond donors (Lipinski definition) is 1. The minimum atomic E-state index is -0.139. The molecule has 0 atom stereocenters. The number of benzene rings is 1. The van der Waals surface area contributed by atoms with Gasteiger partial charge in [0, 0.05) is 12.0 Å². The fourth-order valence-corrected chi connectivity index (χ4v) is 2.05. The van der Waals surface area contributed by atoms with E-state index in [1.165, 1.54) is 12.0 Å². The first-order valence-electron chi connectivity index (χ1n) is 5.63. The Kier molecular flexibility index (Phi) is 3.04. The summed E-state index contributed by atoms with van der Waals surface area (Å²) in [4.78, 5) is 11.7. The highest BCUT2D eigenvalue weighted by Crippen LogP contribution is 2.22. The molecular weight excluding hydrogens is 202 g/mol. The molecule has 1 N–H and O–H groups in total. The van der Waals surface area contributed by atoms with Crippen LogP contribution in [0.2, 0.25) is 0 Å². The van der Waals surface area contributed by atoms with Crippen molar-refractivity contribution in [2.75, 3.05) is 0 Å². The van der Waals surface area contributed by atoms with Gasteiger partial charge in [0.2, 0.25) is 5.78 Å².